The molecule has 2 aromatic heterocycles. The van der Waals surface area contributed by atoms with Crippen LogP contribution in [0.3, 0.4) is 0 Å². The van der Waals surface area contributed by atoms with Crippen molar-refractivity contribution in [3.8, 4) is 0 Å². The van der Waals surface area contributed by atoms with Gasteiger partial charge < -0.3 is 10.6 Å². The number of halogens is 2. The van der Waals surface area contributed by atoms with E-state index in [1.165, 1.54) is 0 Å². The molecule has 0 aromatic carbocycles. The second-order valence-electron chi connectivity index (χ2n) is 3.89. The van der Waals surface area contributed by atoms with E-state index in [0.717, 1.165) is 17.1 Å². The first-order valence-corrected chi connectivity index (χ1v) is 7.48. The maximum Gasteiger partial charge on any atom is 0.147 e. The smallest absolute Gasteiger partial charge is 0.147 e. The van der Waals surface area contributed by atoms with Crippen molar-refractivity contribution in [1.82, 2.24) is 9.97 Å². The highest BCUT2D eigenvalue weighted by molar-refractivity contribution is 7.09. The van der Waals surface area contributed by atoms with Crippen LogP contribution in [0.1, 0.15) is 17.5 Å². The Morgan fingerprint density at radius 1 is 1.21 bits per heavy atom. The lowest BCUT2D eigenvalue weighted by Gasteiger charge is -2.11. The number of nitrogens with zero attached hydrogens (tertiary/aromatic N) is 2. The van der Waals surface area contributed by atoms with Gasteiger partial charge in [-0.15, -0.1) is 11.3 Å². The summed E-state index contributed by atoms with van der Waals surface area (Å²) in [6, 6.07) is 1.69. The summed E-state index contributed by atoms with van der Waals surface area (Å²) in [5, 5.41) is 7.34. The van der Waals surface area contributed by atoms with Crippen LogP contribution >= 0.6 is 34.5 Å². The SMILES string of the molecule is CCNc1nc(NCc2scnc2C)c(Cl)cc1Cl. The van der Waals surface area contributed by atoms with Crippen molar-refractivity contribution in [2.45, 2.75) is 20.4 Å². The van der Waals surface area contributed by atoms with Gasteiger partial charge in [0, 0.05) is 11.4 Å². The standard InChI is InChI=1S/C12H14Cl2N4S/c1-3-15-11-8(13)4-9(14)12(18-11)16-5-10-7(2)17-6-19-10/h4,6H,3,5H2,1-2H3,(H2,15,16,18). The number of anilines is 2. The molecule has 0 radical (unpaired) electrons. The molecule has 0 saturated carbocycles. The number of hydrogen-bond donors (Lipinski definition) is 2. The maximum absolute atomic E-state index is 6.13. The number of rotatable bonds is 5. The Labute approximate surface area is 126 Å². The quantitative estimate of drug-likeness (QED) is 0.868. The van der Waals surface area contributed by atoms with E-state index in [0.29, 0.717) is 28.2 Å². The fourth-order valence-corrected chi connectivity index (χ4v) is 2.75. The first kappa shape index (κ1) is 14.4. The van der Waals surface area contributed by atoms with Crippen molar-refractivity contribution in [3.63, 3.8) is 0 Å². The molecule has 0 amide bonds. The monoisotopic (exact) mass is 316 g/mol. The number of thiazole rings is 1. The van der Waals surface area contributed by atoms with Gasteiger partial charge in [0.15, 0.2) is 0 Å². The van der Waals surface area contributed by atoms with E-state index in [9.17, 15) is 0 Å². The Hall–Kier alpha value is -1.04. The van der Waals surface area contributed by atoms with Crippen molar-refractivity contribution in [1.29, 1.82) is 0 Å². The summed E-state index contributed by atoms with van der Waals surface area (Å²) < 4.78 is 0. The molecule has 2 N–H and O–H groups in total. The molecule has 19 heavy (non-hydrogen) atoms. The van der Waals surface area contributed by atoms with Gasteiger partial charge in [-0.3, -0.25) is 0 Å². The van der Waals surface area contributed by atoms with Crippen LogP contribution in [0.25, 0.3) is 0 Å². The fourth-order valence-electron chi connectivity index (χ4n) is 1.54. The van der Waals surface area contributed by atoms with Crippen molar-refractivity contribution in [2.75, 3.05) is 17.2 Å². The third-order valence-electron chi connectivity index (χ3n) is 2.53. The van der Waals surface area contributed by atoms with E-state index < -0.39 is 0 Å². The lowest BCUT2D eigenvalue weighted by Crippen LogP contribution is -2.06. The summed E-state index contributed by atoms with van der Waals surface area (Å²) >= 11 is 13.8. The minimum Gasteiger partial charge on any atom is -0.369 e. The highest BCUT2D eigenvalue weighted by Crippen LogP contribution is 2.29. The van der Waals surface area contributed by atoms with Gasteiger partial charge in [0.1, 0.15) is 11.6 Å². The van der Waals surface area contributed by atoms with Gasteiger partial charge >= 0.3 is 0 Å². The zero-order chi connectivity index (χ0) is 13.8. The minimum atomic E-state index is 0.508. The van der Waals surface area contributed by atoms with Crippen molar-refractivity contribution in [2.24, 2.45) is 0 Å². The second kappa shape index (κ2) is 6.41. The molecule has 7 heteroatoms. The number of hydrogen-bond acceptors (Lipinski definition) is 5. The highest BCUT2D eigenvalue weighted by Gasteiger charge is 2.09. The van der Waals surface area contributed by atoms with E-state index in [1.54, 1.807) is 17.4 Å². The molecule has 4 nitrogen and oxygen atoms in total. The van der Waals surface area contributed by atoms with Crippen LogP contribution in [0.2, 0.25) is 10.0 Å². The summed E-state index contributed by atoms with van der Waals surface area (Å²) in [6.07, 6.45) is 0. The molecule has 0 spiro atoms. The third kappa shape index (κ3) is 3.49. The van der Waals surface area contributed by atoms with E-state index in [4.69, 9.17) is 23.2 Å². The van der Waals surface area contributed by atoms with Crippen LogP contribution in [-0.4, -0.2) is 16.5 Å². The number of nitrogens with one attached hydrogen (secondary N) is 2. The molecule has 0 unspecified atom stereocenters. The average molecular weight is 317 g/mol. The van der Waals surface area contributed by atoms with E-state index in [-0.39, 0.29) is 0 Å². The summed E-state index contributed by atoms with van der Waals surface area (Å²) in [4.78, 5) is 9.76. The Morgan fingerprint density at radius 3 is 2.47 bits per heavy atom. The molecule has 0 aliphatic carbocycles. The van der Waals surface area contributed by atoms with Crippen LogP contribution in [-0.2, 0) is 6.54 Å². The number of aromatic nitrogens is 2. The predicted octanol–water partition coefficient (Wildman–Crippen LogP) is 4.20. The lowest BCUT2D eigenvalue weighted by molar-refractivity contribution is 1.09. The molecule has 0 fully saturated rings. The first-order chi connectivity index (χ1) is 9.11. The Morgan fingerprint density at radius 2 is 1.89 bits per heavy atom. The van der Waals surface area contributed by atoms with Gasteiger partial charge in [0.05, 0.1) is 27.8 Å². The molecule has 0 atom stereocenters. The van der Waals surface area contributed by atoms with Gasteiger partial charge in [-0.1, -0.05) is 23.2 Å². The van der Waals surface area contributed by atoms with Gasteiger partial charge in [-0.25, -0.2) is 9.97 Å². The first-order valence-electron chi connectivity index (χ1n) is 5.84. The van der Waals surface area contributed by atoms with Crippen molar-refractivity contribution in [3.05, 3.63) is 32.2 Å². The van der Waals surface area contributed by atoms with Gasteiger partial charge in [-0.05, 0) is 19.9 Å². The van der Waals surface area contributed by atoms with Crippen molar-refractivity contribution < 1.29 is 0 Å². The maximum atomic E-state index is 6.13. The minimum absolute atomic E-state index is 0.508. The number of pyridine rings is 1. The second-order valence-corrected chi connectivity index (χ2v) is 5.65. The Kier molecular flexibility index (Phi) is 4.85. The molecule has 0 aliphatic rings. The fraction of sp³-hybridized carbons (Fsp3) is 0.333. The average Bonchev–Trinajstić information content (AvgIpc) is 2.77. The third-order valence-corrected chi connectivity index (χ3v) is 4.05. The van der Waals surface area contributed by atoms with Gasteiger partial charge in [0.2, 0.25) is 0 Å². The lowest BCUT2D eigenvalue weighted by atomic mass is 10.3. The summed E-state index contributed by atoms with van der Waals surface area (Å²) in [6.45, 7) is 5.37. The van der Waals surface area contributed by atoms with E-state index in [1.807, 2.05) is 19.4 Å². The zero-order valence-electron chi connectivity index (χ0n) is 10.6. The predicted molar refractivity (Wildman–Crippen MR) is 82.6 cm³/mol. The molecular weight excluding hydrogens is 303 g/mol. The van der Waals surface area contributed by atoms with Crippen LogP contribution in [0, 0.1) is 6.92 Å². The van der Waals surface area contributed by atoms with E-state index >= 15 is 0 Å². The molecule has 0 saturated heterocycles. The molecule has 2 heterocycles. The normalized spacial score (nSPS) is 10.5. The zero-order valence-corrected chi connectivity index (χ0v) is 13.0. The topological polar surface area (TPSA) is 49.8 Å². The molecule has 2 rings (SSSR count). The molecule has 0 bridgehead atoms. The summed E-state index contributed by atoms with van der Waals surface area (Å²) in [7, 11) is 0. The molecule has 0 aliphatic heterocycles. The van der Waals surface area contributed by atoms with E-state index in [2.05, 4.69) is 20.6 Å². The number of aryl methyl sites for hydroxylation is 1. The van der Waals surface area contributed by atoms with Gasteiger partial charge in [0.25, 0.3) is 0 Å². The van der Waals surface area contributed by atoms with Crippen LogP contribution < -0.4 is 10.6 Å². The molecule has 2 aromatic rings. The molecular formula is C12H14Cl2N4S. The van der Waals surface area contributed by atoms with Crippen LogP contribution in [0.15, 0.2) is 11.6 Å². The van der Waals surface area contributed by atoms with Crippen molar-refractivity contribution >= 4 is 46.2 Å². The van der Waals surface area contributed by atoms with Gasteiger partial charge in [-0.2, -0.15) is 0 Å². The molecule has 102 valence electrons. The highest BCUT2D eigenvalue weighted by atomic mass is 35.5. The summed E-state index contributed by atoms with van der Waals surface area (Å²) in [5.74, 6) is 1.26. The Balaban J connectivity index is 2.15. The van der Waals surface area contributed by atoms with Crippen LogP contribution in [0.5, 0.6) is 0 Å². The Bertz CT molecular complexity index is 571. The summed E-state index contributed by atoms with van der Waals surface area (Å²) in [5.41, 5.74) is 2.85. The van der Waals surface area contributed by atoms with Crippen LogP contribution in [0.4, 0.5) is 11.6 Å². The largest absolute Gasteiger partial charge is 0.369 e.